The van der Waals surface area contributed by atoms with Gasteiger partial charge >= 0.3 is 11.4 Å². The van der Waals surface area contributed by atoms with Gasteiger partial charge in [0.15, 0.2) is 11.6 Å². The van der Waals surface area contributed by atoms with Crippen LogP contribution in [-0.2, 0) is 22.6 Å². The highest BCUT2D eigenvalue weighted by molar-refractivity contribution is 5.99. The summed E-state index contributed by atoms with van der Waals surface area (Å²) in [5.41, 5.74) is 3.91. The van der Waals surface area contributed by atoms with Gasteiger partial charge in [0.25, 0.3) is 5.91 Å². The second-order valence-corrected chi connectivity index (χ2v) is 19.5. The molecule has 12 rings (SSSR count). The predicted octanol–water partition coefficient (Wildman–Crippen LogP) is 6.92. The van der Waals surface area contributed by atoms with E-state index in [2.05, 4.69) is 29.1 Å². The van der Waals surface area contributed by atoms with Gasteiger partial charge in [-0.3, -0.25) is 28.1 Å². The lowest BCUT2D eigenvalue weighted by Crippen LogP contribution is -2.44. The zero-order valence-electron chi connectivity index (χ0n) is 37.4. The van der Waals surface area contributed by atoms with Gasteiger partial charge in [-0.1, -0.05) is 5.16 Å². The molecule has 1 spiro atoms. The van der Waals surface area contributed by atoms with Gasteiger partial charge in [0.05, 0.1) is 68.0 Å². The van der Waals surface area contributed by atoms with Crippen molar-refractivity contribution < 1.29 is 22.8 Å². The van der Waals surface area contributed by atoms with E-state index in [4.69, 9.17) is 19.5 Å². The first kappa shape index (κ1) is 40.6. The number of ether oxygens (including phenoxy) is 1. The van der Waals surface area contributed by atoms with Crippen LogP contribution in [0.5, 0.6) is 0 Å². The van der Waals surface area contributed by atoms with Crippen LogP contribution in [-0.4, -0.2) is 78.0 Å². The zero-order chi connectivity index (χ0) is 45.8. The molecule has 1 saturated heterocycles. The second-order valence-electron chi connectivity index (χ2n) is 19.5. The number of nitrogens with zero attached hydrogens (tertiary/aromatic N) is 10. The van der Waals surface area contributed by atoms with E-state index >= 15 is 13.6 Å². The Hall–Kier alpha value is -6.95. The molecular weight excluding hydrogens is 849 g/mol. The Kier molecular flexibility index (Phi) is 8.47. The van der Waals surface area contributed by atoms with Crippen LogP contribution in [0.1, 0.15) is 121 Å². The maximum atomic E-state index is 16.2. The van der Waals surface area contributed by atoms with Crippen LogP contribution < -0.4 is 11.4 Å². The number of benzene rings is 2. The third-order valence-corrected chi connectivity index (χ3v) is 14.8. The maximum Gasteiger partial charge on any atom is 0.438 e. The van der Waals surface area contributed by atoms with Crippen LogP contribution >= 0.6 is 0 Å². The van der Waals surface area contributed by atoms with E-state index in [1.165, 1.54) is 21.5 Å². The molecule has 16 nitrogen and oxygen atoms in total. The average Bonchev–Trinajstić information content (AvgIpc) is 3.88. The number of nitrogens with one attached hydrogen (secondary N) is 1. The molecule has 1 N–H and O–H groups in total. The molecule has 2 aliphatic carbocycles. The summed E-state index contributed by atoms with van der Waals surface area (Å²) in [6.45, 7) is 10.4. The fourth-order valence-corrected chi connectivity index (χ4v) is 11.0. The van der Waals surface area contributed by atoms with Gasteiger partial charge in [-0.05, 0) is 121 Å². The van der Waals surface area contributed by atoms with E-state index in [0.29, 0.717) is 76.7 Å². The van der Waals surface area contributed by atoms with Gasteiger partial charge in [0.2, 0.25) is 0 Å². The topological polar surface area (TPSA) is 168 Å². The fraction of sp³-hybridized carbons (Fsp3) is 0.396. The Bertz CT molecular complexity index is 3460. The van der Waals surface area contributed by atoms with Gasteiger partial charge in [0, 0.05) is 61.2 Å². The van der Waals surface area contributed by atoms with E-state index in [1.54, 1.807) is 71.4 Å². The predicted molar refractivity (Wildman–Crippen MR) is 237 cm³/mol. The zero-order valence-corrected chi connectivity index (χ0v) is 37.4. The third-order valence-electron chi connectivity index (χ3n) is 14.8. The van der Waals surface area contributed by atoms with E-state index in [-0.39, 0.29) is 34.3 Å². The summed E-state index contributed by atoms with van der Waals surface area (Å²) in [6.07, 6.45) is 10.7. The molecule has 0 bridgehead atoms. The lowest BCUT2D eigenvalue weighted by Gasteiger charge is -2.38. The Balaban J connectivity index is 1.03. The van der Waals surface area contributed by atoms with Crippen LogP contribution in [0, 0.1) is 25.5 Å². The highest BCUT2D eigenvalue weighted by Gasteiger charge is 2.57. The Labute approximate surface area is 375 Å². The summed E-state index contributed by atoms with van der Waals surface area (Å²) in [6, 6.07) is 10.1. The number of aromatic amines is 1. The highest BCUT2D eigenvalue weighted by atomic mass is 19.1. The summed E-state index contributed by atoms with van der Waals surface area (Å²) >= 11 is 0. The molecule has 4 aliphatic rings. The quantitative estimate of drug-likeness (QED) is 0.179. The van der Waals surface area contributed by atoms with Crippen LogP contribution in [0.4, 0.5) is 8.78 Å². The van der Waals surface area contributed by atoms with E-state index in [0.717, 1.165) is 42.6 Å². The number of fused-ring (bicyclic) bond motifs is 4. The minimum absolute atomic E-state index is 0.0456. The van der Waals surface area contributed by atoms with Crippen molar-refractivity contribution in [2.75, 3.05) is 13.2 Å². The molecule has 1 amide bonds. The van der Waals surface area contributed by atoms with Crippen molar-refractivity contribution in [1.29, 1.82) is 0 Å². The van der Waals surface area contributed by atoms with E-state index < -0.39 is 34.1 Å². The van der Waals surface area contributed by atoms with E-state index in [9.17, 15) is 9.59 Å². The molecule has 66 heavy (non-hydrogen) atoms. The Morgan fingerprint density at radius 1 is 0.939 bits per heavy atom. The Morgan fingerprint density at radius 3 is 2.38 bits per heavy atom. The molecule has 338 valence electrons. The van der Waals surface area contributed by atoms with Crippen molar-refractivity contribution in [3.8, 4) is 17.2 Å². The summed E-state index contributed by atoms with van der Waals surface area (Å²) in [7, 11) is 1.72. The molecule has 3 fully saturated rings. The number of aryl methyl sites for hydroxylation is 3. The highest BCUT2D eigenvalue weighted by Crippen LogP contribution is 2.58. The summed E-state index contributed by atoms with van der Waals surface area (Å²) in [5, 5.41) is 19.0. The van der Waals surface area contributed by atoms with Gasteiger partial charge in [-0.15, -0.1) is 0 Å². The number of carbonyl (C=O) groups is 1. The van der Waals surface area contributed by atoms with Crippen LogP contribution in [0.25, 0.3) is 33.6 Å². The number of imidazole rings is 1. The first-order chi connectivity index (χ1) is 31.6. The minimum Gasteiger partial charge on any atom is -0.376 e. The number of hydrogen-bond donors (Lipinski definition) is 1. The van der Waals surface area contributed by atoms with Crippen molar-refractivity contribution in [1.82, 2.24) is 53.3 Å². The Morgan fingerprint density at radius 2 is 1.68 bits per heavy atom. The third kappa shape index (κ3) is 5.85. The molecule has 8 heterocycles. The second kappa shape index (κ2) is 13.8. The van der Waals surface area contributed by atoms with Gasteiger partial charge in [0.1, 0.15) is 11.6 Å². The summed E-state index contributed by atoms with van der Waals surface area (Å²) < 4.78 is 50.2. The van der Waals surface area contributed by atoms with Crippen molar-refractivity contribution >= 4 is 22.3 Å². The average molecular weight is 896 g/mol. The number of carbonyl (C=O) groups excluding carboxylic acids is 1. The van der Waals surface area contributed by atoms with Crippen molar-refractivity contribution in [2.24, 2.45) is 7.05 Å². The first-order valence-corrected chi connectivity index (χ1v) is 22.4. The molecular formula is C48H47F2N11O5. The molecule has 0 radical (unpaired) electrons. The van der Waals surface area contributed by atoms with Crippen molar-refractivity contribution in [2.45, 2.75) is 102 Å². The molecule has 1 unspecified atom stereocenters. The lowest BCUT2D eigenvalue weighted by atomic mass is 9.86. The van der Waals surface area contributed by atoms with Gasteiger partial charge in [-0.25, -0.2) is 27.6 Å². The number of hydrogen-bond acceptors (Lipinski definition) is 9. The number of aromatic nitrogens is 10. The standard InChI is InChI=1S/C48H47F2N11O5/c1-25-19-29(20-26(2)38(25)49)61-41(58-17-16-57(45(58)64)35-10-9-33-30(39(35)50)22-51-56(33)6)36-27(3)59(24-47(12-13-47)40(36)54-61)42(62)31-23-60-34(37(31)48(14-15-48)43-52-44(63)66-55-43)8-7-32(53-60)28-11-18-65-46(4,5)21-28/h7-10,16-17,19-20,22-23,27-28H,11-15,18,21,24H2,1-6H3,(H,52,55,63)/t27-,28?/m0/s1. The molecule has 18 heteroatoms. The van der Waals surface area contributed by atoms with Gasteiger partial charge < -0.3 is 9.64 Å². The molecule has 2 atom stereocenters. The lowest BCUT2D eigenvalue weighted by molar-refractivity contribution is -0.0598. The summed E-state index contributed by atoms with van der Waals surface area (Å²) in [4.78, 5) is 47.6. The smallest absolute Gasteiger partial charge is 0.376 e. The first-order valence-electron chi connectivity index (χ1n) is 22.4. The number of halogens is 2. The molecule has 6 aromatic heterocycles. The molecule has 2 aliphatic heterocycles. The number of amides is 1. The summed E-state index contributed by atoms with van der Waals surface area (Å²) in [5.74, 6) is -1.00. The fourth-order valence-electron chi connectivity index (χ4n) is 11.0. The molecule has 2 aromatic carbocycles. The normalized spacial score (nSPS) is 20.4. The molecule has 2 saturated carbocycles. The van der Waals surface area contributed by atoms with E-state index in [1.807, 2.05) is 24.0 Å². The monoisotopic (exact) mass is 895 g/mol. The maximum absolute atomic E-state index is 16.2. The van der Waals surface area contributed by atoms with Crippen molar-refractivity contribution in [3.63, 3.8) is 0 Å². The van der Waals surface area contributed by atoms with Crippen LogP contribution in [0.2, 0.25) is 0 Å². The molecule has 8 aromatic rings. The SMILES string of the molecule is Cc1cc(-n2nc3c(c2-n2ccn(-c4ccc5c(cnn5C)c4F)c2=O)[C@H](C)N(C(=O)c2cn4nc(C5CCOC(C)(C)C5)ccc4c2C2(c4noc(=O)[nH]4)CC2)CC32CC2)cc(C)c1F. The largest absolute Gasteiger partial charge is 0.438 e. The van der Waals surface area contributed by atoms with Gasteiger partial charge in [-0.2, -0.15) is 15.3 Å². The minimum atomic E-state index is -0.796. The van der Waals surface area contributed by atoms with Crippen molar-refractivity contribution in [3.05, 3.63) is 139 Å². The number of rotatable bonds is 7. The van der Waals surface area contributed by atoms with Crippen LogP contribution in [0.3, 0.4) is 0 Å². The van der Waals surface area contributed by atoms with Crippen LogP contribution in [0.15, 0.2) is 75.3 Å². The number of H-pyrrole nitrogens is 1.